The van der Waals surface area contributed by atoms with Crippen LogP contribution < -0.4 is 0 Å². The molecule has 18 heavy (non-hydrogen) atoms. The maximum Gasteiger partial charge on any atom is 0.157 e. The van der Waals surface area contributed by atoms with Gasteiger partial charge in [-0.3, -0.25) is 4.79 Å². The third-order valence-electron chi connectivity index (χ3n) is 2.16. The quantitative estimate of drug-likeness (QED) is 0.589. The topological polar surface area (TPSA) is 40.9 Å². The first-order valence-electron chi connectivity index (χ1n) is 5.83. The number of rotatable bonds is 3. The number of hydrogen-bond acceptors (Lipinski definition) is 2. The number of nitriles is 1. The van der Waals surface area contributed by atoms with Gasteiger partial charge < -0.3 is 0 Å². The lowest BCUT2D eigenvalue weighted by Crippen LogP contribution is -1.93. The van der Waals surface area contributed by atoms with Gasteiger partial charge in [0.25, 0.3) is 0 Å². The lowest BCUT2D eigenvalue weighted by atomic mass is 10.1. The zero-order valence-electron chi connectivity index (χ0n) is 11.2. The molecule has 1 aromatic rings. The first-order valence-corrected chi connectivity index (χ1v) is 5.83. The molecule has 2 heteroatoms. The van der Waals surface area contributed by atoms with E-state index < -0.39 is 0 Å². The molecule has 0 aliphatic heterocycles. The molecule has 0 spiro atoms. The Hall–Kier alpha value is -2.14. The van der Waals surface area contributed by atoms with E-state index in [9.17, 15) is 4.79 Å². The minimum absolute atomic E-state index is 0.153. The third kappa shape index (κ3) is 7.19. The van der Waals surface area contributed by atoms with E-state index >= 15 is 0 Å². The second kappa shape index (κ2) is 8.95. The molecule has 1 aromatic carbocycles. The van der Waals surface area contributed by atoms with Crippen molar-refractivity contribution in [2.75, 3.05) is 0 Å². The number of nitrogens with zero attached hydrogens (tertiary/aromatic N) is 1. The van der Waals surface area contributed by atoms with Crippen LogP contribution in [0.15, 0.2) is 48.1 Å². The fourth-order valence-electron chi connectivity index (χ4n) is 1.13. The van der Waals surface area contributed by atoms with E-state index in [0.29, 0.717) is 12.0 Å². The molecule has 0 heterocycles. The highest BCUT2D eigenvalue weighted by atomic mass is 16.1. The van der Waals surface area contributed by atoms with E-state index in [0.717, 1.165) is 11.1 Å². The third-order valence-corrected chi connectivity index (χ3v) is 2.16. The highest BCUT2D eigenvalue weighted by Gasteiger charge is 1.93. The highest BCUT2D eigenvalue weighted by Crippen LogP contribution is 2.04. The van der Waals surface area contributed by atoms with Crippen LogP contribution in [0.1, 0.15) is 32.8 Å². The molecule has 0 aromatic heterocycles. The average molecular weight is 241 g/mol. The number of benzene rings is 1. The maximum absolute atomic E-state index is 10.4. The van der Waals surface area contributed by atoms with Crippen LogP contribution in [0.5, 0.6) is 0 Å². The Morgan fingerprint density at radius 1 is 1.33 bits per heavy atom. The minimum Gasteiger partial charge on any atom is -0.295 e. The first-order chi connectivity index (χ1) is 8.51. The molecule has 0 aliphatic rings. The summed E-state index contributed by atoms with van der Waals surface area (Å²) in [6.45, 7) is 8.83. The number of allylic oxidation sites excluding steroid dienone is 2. The van der Waals surface area contributed by atoms with Crippen LogP contribution in [0.25, 0.3) is 6.08 Å². The van der Waals surface area contributed by atoms with Crippen molar-refractivity contribution in [2.45, 2.75) is 27.2 Å². The number of carbonyl (C=O) groups excluding carboxylic acids is 1. The Morgan fingerprint density at radius 3 is 2.22 bits per heavy atom. The summed E-state index contributed by atoms with van der Waals surface area (Å²) in [7, 11) is 0. The summed E-state index contributed by atoms with van der Waals surface area (Å²) in [5.74, 6) is 0.153. The van der Waals surface area contributed by atoms with Crippen LogP contribution >= 0.6 is 0 Å². The van der Waals surface area contributed by atoms with Crippen LogP contribution in [0.2, 0.25) is 0 Å². The zero-order chi connectivity index (χ0) is 14.0. The zero-order valence-corrected chi connectivity index (χ0v) is 11.2. The van der Waals surface area contributed by atoms with E-state index in [2.05, 4.69) is 12.6 Å². The average Bonchev–Trinajstić information content (AvgIpc) is 2.39. The van der Waals surface area contributed by atoms with Gasteiger partial charge in [-0.05, 0) is 31.1 Å². The van der Waals surface area contributed by atoms with E-state index in [1.807, 2.05) is 43.3 Å². The number of carbonyl (C=O) groups is 1. The van der Waals surface area contributed by atoms with E-state index in [-0.39, 0.29) is 5.78 Å². The lowest BCUT2D eigenvalue weighted by Gasteiger charge is -1.90. The summed E-state index contributed by atoms with van der Waals surface area (Å²) in [6.07, 6.45) is 2.44. The fourth-order valence-corrected chi connectivity index (χ4v) is 1.13. The molecule has 0 atom stereocenters. The van der Waals surface area contributed by atoms with E-state index in [1.54, 1.807) is 13.8 Å². The second-order valence-electron chi connectivity index (χ2n) is 3.91. The molecular weight excluding hydrogens is 222 g/mol. The van der Waals surface area contributed by atoms with Crippen molar-refractivity contribution in [3.63, 3.8) is 0 Å². The Labute approximate surface area is 109 Å². The Morgan fingerprint density at radius 2 is 1.89 bits per heavy atom. The van der Waals surface area contributed by atoms with Gasteiger partial charge in [-0.25, -0.2) is 0 Å². The number of Topliss-reactive ketones (excluding diaryl/α,β-unsaturated/α-hetero) is 1. The molecule has 94 valence electrons. The molecule has 0 aliphatic carbocycles. The molecular formula is C16H19NO. The van der Waals surface area contributed by atoms with Gasteiger partial charge >= 0.3 is 0 Å². The van der Waals surface area contributed by atoms with Crippen LogP contribution in [-0.2, 0) is 4.79 Å². The standard InChI is InChI=1S/C10H9N.C6H10O/c1-9(8-11)7-10-5-3-2-4-6-10;1-4-6(7)5(2)3/h2-7H,1H3;2,4H2,1,3H3/b9-7-;. The van der Waals surface area contributed by atoms with Crippen molar-refractivity contribution in [1.82, 2.24) is 0 Å². The molecule has 0 saturated carbocycles. The van der Waals surface area contributed by atoms with Gasteiger partial charge in [0.2, 0.25) is 0 Å². The summed E-state index contributed by atoms with van der Waals surface area (Å²) in [6, 6.07) is 11.9. The van der Waals surface area contributed by atoms with Crippen molar-refractivity contribution in [3.8, 4) is 6.07 Å². The summed E-state index contributed by atoms with van der Waals surface area (Å²) >= 11 is 0. The van der Waals surface area contributed by atoms with Crippen molar-refractivity contribution in [3.05, 3.63) is 53.6 Å². The fraction of sp³-hybridized carbons (Fsp3) is 0.250. The molecule has 0 saturated heterocycles. The molecule has 0 fully saturated rings. The highest BCUT2D eigenvalue weighted by molar-refractivity contribution is 5.93. The summed E-state index contributed by atoms with van der Waals surface area (Å²) in [4.78, 5) is 10.4. The summed E-state index contributed by atoms with van der Waals surface area (Å²) < 4.78 is 0. The van der Waals surface area contributed by atoms with Crippen LogP contribution in [0, 0.1) is 11.3 Å². The van der Waals surface area contributed by atoms with Gasteiger partial charge in [0.1, 0.15) is 0 Å². The van der Waals surface area contributed by atoms with Gasteiger partial charge in [-0.15, -0.1) is 0 Å². The molecule has 0 bridgehead atoms. The molecule has 1 rings (SSSR count). The summed E-state index contributed by atoms with van der Waals surface area (Å²) in [5, 5.41) is 8.48. The molecule has 0 radical (unpaired) electrons. The Balaban J connectivity index is 0.000000360. The van der Waals surface area contributed by atoms with Crippen LogP contribution in [0.4, 0.5) is 0 Å². The second-order valence-corrected chi connectivity index (χ2v) is 3.91. The normalized spacial score (nSPS) is 9.78. The predicted octanol–water partition coefficient (Wildman–Crippen LogP) is 4.16. The Kier molecular flexibility index (Phi) is 7.89. The van der Waals surface area contributed by atoms with Crippen LogP contribution in [0.3, 0.4) is 0 Å². The van der Waals surface area contributed by atoms with Gasteiger partial charge in [0, 0.05) is 12.0 Å². The van der Waals surface area contributed by atoms with Gasteiger partial charge in [0.15, 0.2) is 5.78 Å². The first kappa shape index (κ1) is 15.9. The SMILES string of the molecule is C/C(C#N)=C/c1ccccc1.C=C(C)C(=O)CC. The lowest BCUT2D eigenvalue weighted by molar-refractivity contribution is -0.115. The summed E-state index contributed by atoms with van der Waals surface area (Å²) in [5.41, 5.74) is 2.46. The molecule has 2 nitrogen and oxygen atoms in total. The van der Waals surface area contributed by atoms with Crippen LogP contribution in [-0.4, -0.2) is 5.78 Å². The number of ketones is 1. The minimum atomic E-state index is 0.153. The van der Waals surface area contributed by atoms with Crippen molar-refractivity contribution >= 4 is 11.9 Å². The Bertz CT molecular complexity index is 464. The van der Waals surface area contributed by atoms with E-state index in [1.165, 1.54) is 0 Å². The maximum atomic E-state index is 10.4. The molecule has 0 unspecified atom stereocenters. The predicted molar refractivity (Wildman–Crippen MR) is 75.8 cm³/mol. The molecule has 0 N–H and O–H groups in total. The number of hydrogen-bond donors (Lipinski definition) is 0. The van der Waals surface area contributed by atoms with Crippen molar-refractivity contribution < 1.29 is 4.79 Å². The molecule has 0 amide bonds. The van der Waals surface area contributed by atoms with Crippen molar-refractivity contribution in [1.29, 1.82) is 5.26 Å². The van der Waals surface area contributed by atoms with Crippen molar-refractivity contribution in [2.24, 2.45) is 0 Å². The van der Waals surface area contributed by atoms with E-state index in [4.69, 9.17) is 5.26 Å². The smallest absolute Gasteiger partial charge is 0.157 e. The van der Waals surface area contributed by atoms with Gasteiger partial charge in [-0.2, -0.15) is 5.26 Å². The largest absolute Gasteiger partial charge is 0.295 e. The monoisotopic (exact) mass is 241 g/mol. The van der Waals surface area contributed by atoms with Gasteiger partial charge in [-0.1, -0.05) is 43.8 Å². The van der Waals surface area contributed by atoms with Gasteiger partial charge in [0.05, 0.1) is 6.07 Å².